The predicted molar refractivity (Wildman–Crippen MR) is 100 cm³/mol. The molecule has 0 saturated carbocycles. The first-order valence-corrected chi connectivity index (χ1v) is 8.65. The van der Waals surface area contributed by atoms with Crippen molar-refractivity contribution in [1.82, 2.24) is 15.2 Å². The van der Waals surface area contributed by atoms with Crippen molar-refractivity contribution in [2.24, 2.45) is 0 Å². The molecule has 138 valence electrons. The van der Waals surface area contributed by atoms with Gasteiger partial charge in [0.25, 0.3) is 0 Å². The average Bonchev–Trinajstić information content (AvgIpc) is 2.71. The molecule has 1 saturated heterocycles. The third-order valence-electron chi connectivity index (χ3n) is 4.42. The zero-order valence-electron chi connectivity index (χ0n) is 14.5. The number of anilines is 4. The molecule has 0 bridgehead atoms. The van der Waals surface area contributed by atoms with Gasteiger partial charge in [0.2, 0.25) is 5.95 Å². The number of nitrogens with zero attached hydrogens (tertiary/aromatic N) is 5. The van der Waals surface area contributed by atoms with E-state index in [1.807, 2.05) is 0 Å². The van der Waals surface area contributed by atoms with E-state index in [0.29, 0.717) is 11.8 Å². The van der Waals surface area contributed by atoms with Crippen LogP contribution >= 0.6 is 0 Å². The lowest BCUT2D eigenvalue weighted by Crippen LogP contribution is -2.47. The van der Waals surface area contributed by atoms with Crippen molar-refractivity contribution < 1.29 is 8.78 Å². The van der Waals surface area contributed by atoms with Gasteiger partial charge in [0.15, 0.2) is 5.82 Å². The molecule has 1 fully saturated rings. The Hall–Kier alpha value is -3.29. The molecule has 6 nitrogen and oxygen atoms in total. The van der Waals surface area contributed by atoms with Crippen LogP contribution in [0.1, 0.15) is 0 Å². The molecular weight excluding hydrogens is 350 g/mol. The van der Waals surface area contributed by atoms with Crippen LogP contribution in [0.2, 0.25) is 0 Å². The Morgan fingerprint density at radius 1 is 0.778 bits per heavy atom. The van der Waals surface area contributed by atoms with E-state index in [1.165, 1.54) is 30.5 Å². The van der Waals surface area contributed by atoms with Gasteiger partial charge in [0.05, 0.1) is 6.20 Å². The van der Waals surface area contributed by atoms with Crippen molar-refractivity contribution in [3.05, 3.63) is 66.4 Å². The number of aromatic nitrogens is 3. The molecule has 0 atom stereocenters. The van der Waals surface area contributed by atoms with Crippen molar-refractivity contribution in [3.8, 4) is 0 Å². The second-order valence-electron chi connectivity index (χ2n) is 6.22. The zero-order valence-corrected chi connectivity index (χ0v) is 14.5. The van der Waals surface area contributed by atoms with E-state index in [0.717, 1.165) is 37.6 Å². The minimum Gasteiger partial charge on any atom is -0.368 e. The molecule has 0 spiro atoms. The van der Waals surface area contributed by atoms with Crippen LogP contribution in [-0.2, 0) is 0 Å². The predicted octanol–water partition coefficient (Wildman–Crippen LogP) is 3.22. The summed E-state index contributed by atoms with van der Waals surface area (Å²) < 4.78 is 26.1. The minimum atomic E-state index is -0.291. The first kappa shape index (κ1) is 17.1. The van der Waals surface area contributed by atoms with Crippen LogP contribution in [0.3, 0.4) is 0 Å². The lowest BCUT2D eigenvalue weighted by atomic mass is 10.2. The number of hydrogen-bond acceptors (Lipinski definition) is 6. The number of piperazine rings is 1. The maximum Gasteiger partial charge on any atom is 0.247 e. The van der Waals surface area contributed by atoms with Crippen LogP contribution in [-0.4, -0.2) is 41.4 Å². The number of benzene rings is 2. The van der Waals surface area contributed by atoms with Crippen molar-refractivity contribution in [3.63, 3.8) is 0 Å². The van der Waals surface area contributed by atoms with E-state index in [1.54, 1.807) is 24.3 Å². The molecule has 2 heterocycles. The van der Waals surface area contributed by atoms with Crippen molar-refractivity contribution in [2.75, 3.05) is 41.3 Å². The van der Waals surface area contributed by atoms with Crippen molar-refractivity contribution in [1.29, 1.82) is 0 Å². The summed E-state index contributed by atoms with van der Waals surface area (Å²) in [7, 11) is 0. The fourth-order valence-electron chi connectivity index (χ4n) is 2.99. The third kappa shape index (κ3) is 4.11. The van der Waals surface area contributed by atoms with E-state index >= 15 is 0 Å². The lowest BCUT2D eigenvalue weighted by molar-refractivity contribution is 0.622. The monoisotopic (exact) mass is 368 g/mol. The number of nitrogens with one attached hydrogen (secondary N) is 1. The van der Waals surface area contributed by atoms with Crippen molar-refractivity contribution >= 4 is 23.1 Å². The van der Waals surface area contributed by atoms with Crippen LogP contribution in [0.4, 0.5) is 31.9 Å². The SMILES string of the molecule is Fc1ccc(Nc2cnnc(N3CCN(c4ccc(F)cc4)CC3)n2)cc1. The minimum absolute atomic E-state index is 0.234. The number of halogens is 2. The molecule has 27 heavy (non-hydrogen) atoms. The summed E-state index contributed by atoms with van der Waals surface area (Å²) in [6.07, 6.45) is 1.53. The number of rotatable bonds is 4. The maximum absolute atomic E-state index is 13.1. The molecule has 3 aromatic rings. The van der Waals surface area contributed by atoms with Crippen LogP contribution < -0.4 is 15.1 Å². The first-order valence-electron chi connectivity index (χ1n) is 8.65. The molecule has 1 aliphatic heterocycles. The molecule has 0 radical (unpaired) electrons. The summed E-state index contributed by atoms with van der Waals surface area (Å²) in [4.78, 5) is 8.76. The van der Waals surface area contributed by atoms with E-state index in [9.17, 15) is 8.78 Å². The first-order chi connectivity index (χ1) is 13.2. The molecule has 1 N–H and O–H groups in total. The highest BCUT2D eigenvalue weighted by atomic mass is 19.1. The highest BCUT2D eigenvalue weighted by Crippen LogP contribution is 2.20. The highest BCUT2D eigenvalue weighted by Gasteiger charge is 2.20. The van der Waals surface area contributed by atoms with Gasteiger partial charge in [-0.2, -0.15) is 10.1 Å². The van der Waals surface area contributed by atoms with Gasteiger partial charge in [-0.1, -0.05) is 0 Å². The molecule has 1 aliphatic rings. The second-order valence-corrected chi connectivity index (χ2v) is 6.22. The summed E-state index contributed by atoms with van der Waals surface area (Å²) in [6, 6.07) is 12.6. The van der Waals surface area contributed by atoms with Crippen LogP contribution in [0, 0.1) is 11.6 Å². The van der Waals surface area contributed by atoms with Crippen LogP contribution in [0.15, 0.2) is 54.7 Å². The van der Waals surface area contributed by atoms with E-state index in [-0.39, 0.29) is 11.6 Å². The quantitative estimate of drug-likeness (QED) is 0.763. The summed E-state index contributed by atoms with van der Waals surface area (Å²) in [6.45, 7) is 3.04. The Labute approximate surface area is 155 Å². The molecule has 1 aromatic heterocycles. The maximum atomic E-state index is 13.1. The largest absolute Gasteiger partial charge is 0.368 e. The molecule has 8 heteroatoms. The Bertz CT molecular complexity index is 893. The molecule has 0 unspecified atom stereocenters. The van der Waals surface area contributed by atoms with Gasteiger partial charge in [-0.15, -0.1) is 5.10 Å². The summed E-state index contributed by atoms with van der Waals surface area (Å²) in [5.41, 5.74) is 1.73. The Morgan fingerprint density at radius 3 is 2.04 bits per heavy atom. The molecule has 2 aromatic carbocycles. The molecule has 0 aliphatic carbocycles. The van der Waals surface area contributed by atoms with E-state index in [2.05, 4.69) is 30.3 Å². The van der Waals surface area contributed by atoms with E-state index in [4.69, 9.17) is 0 Å². The normalized spacial score (nSPS) is 14.3. The smallest absolute Gasteiger partial charge is 0.247 e. The van der Waals surface area contributed by atoms with Gasteiger partial charge in [-0.25, -0.2) is 8.78 Å². The summed E-state index contributed by atoms with van der Waals surface area (Å²) in [5.74, 6) is 0.567. The molecule has 0 amide bonds. The Balaban J connectivity index is 1.41. The zero-order chi connectivity index (χ0) is 18.6. The van der Waals surface area contributed by atoms with Gasteiger partial charge in [0.1, 0.15) is 11.6 Å². The summed E-state index contributed by atoms with van der Waals surface area (Å²) >= 11 is 0. The second kappa shape index (κ2) is 7.53. The van der Waals surface area contributed by atoms with Gasteiger partial charge in [-0.3, -0.25) is 0 Å². The van der Waals surface area contributed by atoms with Gasteiger partial charge in [0, 0.05) is 37.6 Å². The van der Waals surface area contributed by atoms with Crippen LogP contribution in [0.5, 0.6) is 0 Å². The fraction of sp³-hybridized carbons (Fsp3) is 0.211. The number of hydrogen-bond donors (Lipinski definition) is 1. The third-order valence-corrected chi connectivity index (χ3v) is 4.42. The van der Waals surface area contributed by atoms with Crippen molar-refractivity contribution in [2.45, 2.75) is 0 Å². The standard InChI is InChI=1S/C19H18F2N6/c20-14-1-5-16(6-2-14)23-18-13-22-25-19(24-18)27-11-9-26(10-12-27)17-7-3-15(21)4-8-17/h1-8,13H,9-12H2,(H,23,24,25). The van der Waals surface area contributed by atoms with E-state index < -0.39 is 0 Å². The average molecular weight is 368 g/mol. The highest BCUT2D eigenvalue weighted by molar-refractivity contribution is 5.56. The Kier molecular flexibility index (Phi) is 4.78. The van der Waals surface area contributed by atoms with Gasteiger partial charge < -0.3 is 15.1 Å². The fourth-order valence-corrected chi connectivity index (χ4v) is 2.99. The van der Waals surface area contributed by atoms with Gasteiger partial charge >= 0.3 is 0 Å². The molecular formula is C19H18F2N6. The Morgan fingerprint density at radius 2 is 1.37 bits per heavy atom. The molecule has 4 rings (SSSR count). The van der Waals surface area contributed by atoms with Crippen LogP contribution in [0.25, 0.3) is 0 Å². The lowest BCUT2D eigenvalue weighted by Gasteiger charge is -2.35. The topological polar surface area (TPSA) is 57.2 Å². The van der Waals surface area contributed by atoms with Gasteiger partial charge in [-0.05, 0) is 48.5 Å². The summed E-state index contributed by atoms with van der Waals surface area (Å²) in [5, 5.41) is 11.2.